The number of amides is 1. The molecule has 62 valence electrons. The van der Waals surface area contributed by atoms with E-state index < -0.39 is 5.91 Å². The van der Waals surface area contributed by atoms with Gasteiger partial charge in [-0.1, -0.05) is 0 Å². The van der Waals surface area contributed by atoms with E-state index in [-0.39, 0.29) is 5.76 Å². The Balaban J connectivity index is 3.10. The summed E-state index contributed by atoms with van der Waals surface area (Å²) in [4.78, 5) is 18.2. The molecule has 0 aliphatic carbocycles. The number of nitrogens with zero attached hydrogens (tertiary/aromatic N) is 2. The van der Waals surface area contributed by atoms with Crippen LogP contribution in [0.1, 0.15) is 22.1 Å². The molecular formula is C7H6N2O2S. The van der Waals surface area contributed by atoms with Crippen molar-refractivity contribution in [1.82, 2.24) is 4.98 Å². The Bertz CT molecular complexity index is 363. The lowest BCUT2D eigenvalue weighted by Gasteiger charge is -1.85. The number of carbonyl (C=O) groups is 1. The zero-order valence-electron chi connectivity index (χ0n) is 6.62. The molecule has 0 fully saturated rings. The van der Waals surface area contributed by atoms with E-state index in [2.05, 4.69) is 22.2 Å². The third-order valence-electron chi connectivity index (χ3n) is 1.24. The minimum Gasteiger partial charge on any atom is -0.435 e. The summed E-state index contributed by atoms with van der Waals surface area (Å²) in [5.41, 5.74) is 0.520. The van der Waals surface area contributed by atoms with Crippen molar-refractivity contribution in [3.63, 3.8) is 0 Å². The number of aromatic nitrogens is 1. The first kappa shape index (κ1) is 8.77. The summed E-state index contributed by atoms with van der Waals surface area (Å²) >= 11 is 4.28. The quantitative estimate of drug-likeness (QED) is 0.488. The van der Waals surface area contributed by atoms with Gasteiger partial charge < -0.3 is 4.42 Å². The van der Waals surface area contributed by atoms with Gasteiger partial charge in [0.15, 0.2) is 5.89 Å². The minimum atomic E-state index is -0.539. The van der Waals surface area contributed by atoms with Crippen molar-refractivity contribution < 1.29 is 9.21 Å². The van der Waals surface area contributed by atoms with Crippen LogP contribution in [0.25, 0.3) is 0 Å². The SMILES string of the molecule is Cc1nc(C)c(C(=O)N=C=S)o1. The van der Waals surface area contributed by atoms with Crippen molar-refractivity contribution >= 4 is 23.3 Å². The molecule has 0 unspecified atom stereocenters. The van der Waals surface area contributed by atoms with Crippen molar-refractivity contribution in [2.45, 2.75) is 13.8 Å². The molecule has 1 heterocycles. The molecule has 0 aliphatic rings. The molecule has 4 nitrogen and oxygen atoms in total. The summed E-state index contributed by atoms with van der Waals surface area (Å²) in [6, 6.07) is 0. The van der Waals surface area contributed by atoms with Gasteiger partial charge in [0, 0.05) is 6.92 Å². The summed E-state index contributed by atoms with van der Waals surface area (Å²) < 4.78 is 4.99. The van der Waals surface area contributed by atoms with Crippen LogP contribution in [-0.2, 0) is 0 Å². The van der Waals surface area contributed by atoms with E-state index in [4.69, 9.17) is 4.42 Å². The fraction of sp³-hybridized carbons (Fsp3) is 0.286. The van der Waals surface area contributed by atoms with Crippen molar-refractivity contribution in [1.29, 1.82) is 0 Å². The van der Waals surface area contributed by atoms with Gasteiger partial charge in [0.2, 0.25) is 5.76 Å². The Kier molecular flexibility index (Phi) is 2.47. The van der Waals surface area contributed by atoms with Crippen LogP contribution in [0, 0.1) is 13.8 Å². The predicted octanol–water partition coefficient (Wildman–Crippen LogP) is 1.53. The third-order valence-corrected chi connectivity index (χ3v) is 1.34. The van der Waals surface area contributed by atoms with Gasteiger partial charge in [-0.3, -0.25) is 4.79 Å². The van der Waals surface area contributed by atoms with Crippen LogP contribution in [0.5, 0.6) is 0 Å². The topological polar surface area (TPSA) is 55.5 Å². The highest BCUT2D eigenvalue weighted by Crippen LogP contribution is 2.09. The normalized spacial score (nSPS) is 9.17. The summed E-state index contributed by atoms with van der Waals surface area (Å²) in [5.74, 6) is 0.0309. The first-order valence-electron chi connectivity index (χ1n) is 3.21. The highest BCUT2D eigenvalue weighted by atomic mass is 32.1. The number of aliphatic imine (C=N–C) groups is 1. The zero-order chi connectivity index (χ0) is 9.14. The second-order valence-electron chi connectivity index (χ2n) is 2.16. The average Bonchev–Trinajstić information content (AvgIpc) is 2.30. The Morgan fingerprint density at radius 3 is 2.75 bits per heavy atom. The largest absolute Gasteiger partial charge is 0.435 e. The van der Waals surface area contributed by atoms with E-state index in [1.54, 1.807) is 13.8 Å². The Labute approximate surface area is 74.3 Å². The lowest BCUT2D eigenvalue weighted by Crippen LogP contribution is -1.93. The van der Waals surface area contributed by atoms with E-state index in [1.807, 2.05) is 5.16 Å². The van der Waals surface area contributed by atoms with Gasteiger partial charge in [0.05, 0.1) is 10.9 Å². The molecule has 0 atom stereocenters. The average molecular weight is 182 g/mol. The second-order valence-corrected chi connectivity index (χ2v) is 2.34. The van der Waals surface area contributed by atoms with Crippen LogP contribution >= 0.6 is 12.2 Å². The van der Waals surface area contributed by atoms with E-state index >= 15 is 0 Å². The molecule has 1 rings (SSSR count). The van der Waals surface area contributed by atoms with Crippen LogP contribution in [0.4, 0.5) is 0 Å². The summed E-state index contributed by atoms with van der Waals surface area (Å²) in [6.45, 7) is 3.33. The Hall–Kier alpha value is -1.32. The number of aryl methyl sites for hydroxylation is 2. The number of oxazole rings is 1. The number of hydrogen-bond donors (Lipinski definition) is 0. The molecule has 5 heteroatoms. The molecule has 0 aromatic carbocycles. The van der Waals surface area contributed by atoms with Gasteiger partial charge in [-0.05, 0) is 19.1 Å². The first-order valence-corrected chi connectivity index (χ1v) is 3.62. The maximum atomic E-state index is 11.0. The number of rotatable bonds is 1. The fourth-order valence-corrected chi connectivity index (χ4v) is 0.905. The monoisotopic (exact) mass is 182 g/mol. The molecule has 0 radical (unpaired) electrons. The van der Waals surface area contributed by atoms with Crippen molar-refractivity contribution in [2.75, 3.05) is 0 Å². The molecule has 1 aromatic heterocycles. The van der Waals surface area contributed by atoms with Gasteiger partial charge in [-0.25, -0.2) is 4.98 Å². The molecule has 0 saturated carbocycles. The smallest absolute Gasteiger partial charge is 0.323 e. The molecule has 1 aromatic rings. The lowest BCUT2D eigenvalue weighted by molar-refractivity contribution is 0.0975. The van der Waals surface area contributed by atoms with Gasteiger partial charge in [0.1, 0.15) is 0 Å². The molecule has 1 amide bonds. The molecule has 0 N–H and O–H groups in total. The second kappa shape index (κ2) is 3.38. The van der Waals surface area contributed by atoms with E-state index in [0.717, 1.165) is 0 Å². The number of hydrogen-bond acceptors (Lipinski definition) is 4. The van der Waals surface area contributed by atoms with Gasteiger partial charge in [-0.15, -0.1) is 4.99 Å². The highest BCUT2D eigenvalue weighted by Gasteiger charge is 2.13. The Morgan fingerprint density at radius 1 is 1.67 bits per heavy atom. The number of carbonyl (C=O) groups excluding carboxylic acids is 1. The van der Waals surface area contributed by atoms with Crippen molar-refractivity contribution in [2.24, 2.45) is 4.99 Å². The van der Waals surface area contributed by atoms with Gasteiger partial charge in [-0.2, -0.15) is 0 Å². The molecule has 12 heavy (non-hydrogen) atoms. The standard InChI is InChI=1S/C7H6N2O2S/c1-4-6(7(10)8-3-12)11-5(2)9-4/h1-2H3. The van der Waals surface area contributed by atoms with Crippen LogP contribution in [-0.4, -0.2) is 16.1 Å². The van der Waals surface area contributed by atoms with Crippen LogP contribution in [0.3, 0.4) is 0 Å². The van der Waals surface area contributed by atoms with Gasteiger partial charge in [0.25, 0.3) is 0 Å². The van der Waals surface area contributed by atoms with E-state index in [1.165, 1.54) is 0 Å². The highest BCUT2D eigenvalue weighted by molar-refractivity contribution is 7.78. The number of isothiocyanates is 1. The Morgan fingerprint density at radius 2 is 2.33 bits per heavy atom. The van der Waals surface area contributed by atoms with Crippen LogP contribution in [0.2, 0.25) is 0 Å². The number of thiocarbonyl (C=S) groups is 1. The molecule has 0 spiro atoms. The van der Waals surface area contributed by atoms with Crippen LogP contribution < -0.4 is 0 Å². The zero-order valence-corrected chi connectivity index (χ0v) is 7.44. The summed E-state index contributed by atoms with van der Waals surface area (Å²) in [6.07, 6.45) is 0. The van der Waals surface area contributed by atoms with E-state index in [0.29, 0.717) is 11.6 Å². The maximum absolute atomic E-state index is 11.0. The third kappa shape index (κ3) is 1.64. The predicted molar refractivity (Wildman–Crippen MR) is 45.3 cm³/mol. The molecule has 0 bridgehead atoms. The summed E-state index contributed by atoms with van der Waals surface area (Å²) in [5, 5.41) is 1.97. The first-order chi connectivity index (χ1) is 5.65. The van der Waals surface area contributed by atoms with Crippen LogP contribution in [0.15, 0.2) is 9.41 Å². The lowest BCUT2D eigenvalue weighted by atomic mass is 10.3. The molecular weight excluding hydrogens is 176 g/mol. The van der Waals surface area contributed by atoms with Gasteiger partial charge >= 0.3 is 5.91 Å². The van der Waals surface area contributed by atoms with Crippen molar-refractivity contribution in [3.8, 4) is 0 Å². The maximum Gasteiger partial charge on any atom is 0.323 e. The summed E-state index contributed by atoms with van der Waals surface area (Å²) in [7, 11) is 0. The minimum absolute atomic E-state index is 0.129. The van der Waals surface area contributed by atoms with Crippen molar-refractivity contribution in [3.05, 3.63) is 17.3 Å². The molecule has 0 saturated heterocycles. The fourth-order valence-electron chi connectivity index (χ4n) is 0.822. The molecule has 0 aliphatic heterocycles. The van der Waals surface area contributed by atoms with E-state index in [9.17, 15) is 4.79 Å².